The highest BCUT2D eigenvalue weighted by Crippen LogP contribution is 2.33. The summed E-state index contributed by atoms with van der Waals surface area (Å²) in [7, 11) is 0. The summed E-state index contributed by atoms with van der Waals surface area (Å²) in [5.74, 6) is 0. The normalized spacial score (nSPS) is 19.7. The van der Waals surface area contributed by atoms with Crippen LogP contribution >= 0.6 is 0 Å². The molecule has 2 rings (SSSR count). The van der Waals surface area contributed by atoms with E-state index >= 15 is 0 Å². The molecule has 6 heteroatoms. The summed E-state index contributed by atoms with van der Waals surface area (Å²) in [4.78, 5) is 12.8. The number of nitrogens with zero attached hydrogens (tertiary/aromatic N) is 2. The molecule has 0 amide bonds. The van der Waals surface area contributed by atoms with Crippen LogP contribution in [-0.4, -0.2) is 35.3 Å². The quantitative estimate of drug-likeness (QED) is 0.679. The lowest BCUT2D eigenvalue weighted by molar-refractivity contribution is -0.384. The minimum atomic E-state index is -0.719. The molecule has 0 aliphatic carbocycles. The molecule has 1 atom stereocenters. The van der Waals surface area contributed by atoms with Crippen LogP contribution < -0.4 is 4.90 Å². The van der Waals surface area contributed by atoms with Gasteiger partial charge in [-0.05, 0) is 32.4 Å². The first-order valence-electron chi connectivity index (χ1n) is 6.65. The smallest absolute Gasteiger partial charge is 0.292 e. The molecule has 1 fully saturated rings. The van der Waals surface area contributed by atoms with E-state index in [0.717, 1.165) is 0 Å². The summed E-state index contributed by atoms with van der Waals surface area (Å²) in [5.41, 5.74) is 0.833. The zero-order valence-corrected chi connectivity index (χ0v) is 12.0. The van der Waals surface area contributed by atoms with Crippen molar-refractivity contribution in [2.75, 3.05) is 24.6 Å². The molecule has 0 aromatic heterocycles. The summed E-state index contributed by atoms with van der Waals surface area (Å²) in [6.45, 7) is 7.30. The molecule has 0 radical (unpaired) electrons. The Morgan fingerprint density at radius 1 is 1.50 bits per heavy atom. The topological polar surface area (TPSA) is 75.8 Å². The van der Waals surface area contributed by atoms with Gasteiger partial charge in [0.05, 0.1) is 23.2 Å². The predicted molar refractivity (Wildman–Crippen MR) is 76.0 cm³/mol. The minimum absolute atomic E-state index is 0.0288. The van der Waals surface area contributed by atoms with Gasteiger partial charge in [-0.15, -0.1) is 0 Å². The molecule has 1 saturated heterocycles. The zero-order valence-electron chi connectivity index (χ0n) is 12.0. The fraction of sp³-hybridized carbons (Fsp3) is 0.571. The minimum Gasteiger partial charge on any atom is -0.389 e. The highest BCUT2D eigenvalue weighted by atomic mass is 16.6. The zero-order chi connectivity index (χ0) is 14.9. The number of ether oxygens (including phenoxy) is 1. The monoisotopic (exact) mass is 280 g/mol. The first-order chi connectivity index (χ1) is 9.30. The number of hydrogen-bond donors (Lipinski definition) is 1. The highest BCUT2D eigenvalue weighted by Gasteiger charge is 2.30. The Morgan fingerprint density at radius 2 is 2.20 bits per heavy atom. The lowest BCUT2D eigenvalue weighted by Crippen LogP contribution is -2.48. The Kier molecular flexibility index (Phi) is 3.96. The summed E-state index contributed by atoms with van der Waals surface area (Å²) in [6, 6.07) is 4.89. The molecule has 20 heavy (non-hydrogen) atoms. The third-order valence-electron chi connectivity index (χ3n) is 3.44. The summed E-state index contributed by atoms with van der Waals surface area (Å²) in [5, 5.41) is 20.8. The van der Waals surface area contributed by atoms with Gasteiger partial charge in [-0.3, -0.25) is 10.1 Å². The van der Waals surface area contributed by atoms with Crippen LogP contribution in [-0.2, 0) is 4.74 Å². The molecule has 1 heterocycles. The van der Waals surface area contributed by atoms with Crippen LogP contribution in [0.3, 0.4) is 0 Å². The molecule has 0 spiro atoms. The summed E-state index contributed by atoms with van der Waals surface area (Å²) in [6.07, 6.45) is -0.719. The second-order valence-corrected chi connectivity index (χ2v) is 5.71. The average Bonchev–Trinajstić information content (AvgIpc) is 2.36. The first kappa shape index (κ1) is 14.7. The van der Waals surface area contributed by atoms with Gasteiger partial charge in [-0.1, -0.05) is 6.07 Å². The number of hydrogen-bond acceptors (Lipinski definition) is 5. The fourth-order valence-electron chi connectivity index (χ4n) is 2.44. The summed E-state index contributed by atoms with van der Waals surface area (Å²) >= 11 is 0. The second kappa shape index (κ2) is 5.38. The van der Waals surface area contributed by atoms with E-state index in [-0.39, 0.29) is 11.3 Å². The highest BCUT2D eigenvalue weighted by molar-refractivity contribution is 5.65. The summed E-state index contributed by atoms with van der Waals surface area (Å²) < 4.78 is 5.63. The van der Waals surface area contributed by atoms with Crippen molar-refractivity contribution >= 4 is 11.4 Å². The molecule has 1 aromatic carbocycles. The number of benzene rings is 1. The molecular weight excluding hydrogens is 260 g/mol. The molecule has 1 aromatic rings. The number of rotatable bonds is 3. The second-order valence-electron chi connectivity index (χ2n) is 5.71. The van der Waals surface area contributed by atoms with E-state index in [1.165, 1.54) is 6.07 Å². The van der Waals surface area contributed by atoms with Gasteiger partial charge in [0.15, 0.2) is 0 Å². The van der Waals surface area contributed by atoms with Crippen LogP contribution in [0.25, 0.3) is 0 Å². The average molecular weight is 280 g/mol. The van der Waals surface area contributed by atoms with Gasteiger partial charge in [0.2, 0.25) is 0 Å². The van der Waals surface area contributed by atoms with Crippen molar-refractivity contribution in [1.82, 2.24) is 0 Å². The number of aliphatic hydroxyl groups excluding tert-OH is 1. The third-order valence-corrected chi connectivity index (χ3v) is 3.44. The van der Waals surface area contributed by atoms with Crippen molar-refractivity contribution < 1.29 is 14.8 Å². The lowest BCUT2D eigenvalue weighted by atomic mass is 10.0. The lowest BCUT2D eigenvalue weighted by Gasteiger charge is -2.39. The Balaban J connectivity index is 2.38. The largest absolute Gasteiger partial charge is 0.389 e. The standard InChI is InChI=1S/C14H20N2O4/c1-10(17)11-4-5-12(13(8-11)16(18)19)15-6-7-20-14(2,3)9-15/h4-5,8,10,17H,6-7,9H2,1-3H3/t10-/m0/s1. The van der Waals surface area contributed by atoms with Crippen LogP contribution in [0.15, 0.2) is 18.2 Å². The number of nitro groups is 1. The van der Waals surface area contributed by atoms with Crippen LogP contribution in [0.2, 0.25) is 0 Å². The maximum atomic E-state index is 11.3. The molecule has 1 N–H and O–H groups in total. The number of anilines is 1. The molecule has 0 unspecified atom stereocenters. The first-order valence-corrected chi connectivity index (χ1v) is 6.65. The van der Waals surface area contributed by atoms with E-state index < -0.39 is 11.0 Å². The maximum Gasteiger partial charge on any atom is 0.292 e. The van der Waals surface area contributed by atoms with Crippen molar-refractivity contribution in [3.8, 4) is 0 Å². The van der Waals surface area contributed by atoms with Crippen LogP contribution in [0.1, 0.15) is 32.4 Å². The van der Waals surface area contributed by atoms with Gasteiger partial charge in [-0.25, -0.2) is 0 Å². The molecule has 110 valence electrons. The molecule has 1 aliphatic rings. The van der Waals surface area contributed by atoms with Crippen molar-refractivity contribution in [1.29, 1.82) is 0 Å². The van der Waals surface area contributed by atoms with E-state index in [1.807, 2.05) is 18.7 Å². The molecule has 6 nitrogen and oxygen atoms in total. The van der Waals surface area contributed by atoms with Crippen molar-refractivity contribution in [3.05, 3.63) is 33.9 Å². The predicted octanol–water partition coefficient (Wildman–Crippen LogP) is 2.26. The van der Waals surface area contributed by atoms with E-state index in [9.17, 15) is 15.2 Å². The Bertz CT molecular complexity index is 514. The van der Waals surface area contributed by atoms with E-state index in [2.05, 4.69) is 0 Å². The Labute approximate surface area is 118 Å². The SMILES string of the molecule is C[C@H](O)c1ccc(N2CCOC(C)(C)C2)c([N+](=O)[O-])c1. The number of nitro benzene ring substituents is 1. The number of aliphatic hydroxyl groups is 1. The molecule has 1 aliphatic heterocycles. The van der Waals surface area contributed by atoms with E-state index in [4.69, 9.17) is 4.74 Å². The van der Waals surface area contributed by atoms with E-state index in [1.54, 1.807) is 19.1 Å². The Hall–Kier alpha value is -1.66. The maximum absolute atomic E-state index is 11.3. The van der Waals surface area contributed by atoms with Gasteiger partial charge in [0, 0.05) is 19.2 Å². The third kappa shape index (κ3) is 3.08. The molecule has 0 bridgehead atoms. The van der Waals surface area contributed by atoms with Gasteiger partial charge in [0.1, 0.15) is 5.69 Å². The van der Waals surface area contributed by atoms with Crippen LogP contribution in [0, 0.1) is 10.1 Å². The van der Waals surface area contributed by atoms with Gasteiger partial charge < -0.3 is 14.7 Å². The fourth-order valence-corrected chi connectivity index (χ4v) is 2.44. The van der Waals surface area contributed by atoms with Crippen LogP contribution in [0.5, 0.6) is 0 Å². The van der Waals surface area contributed by atoms with Crippen molar-refractivity contribution in [2.24, 2.45) is 0 Å². The van der Waals surface area contributed by atoms with Gasteiger partial charge in [0.25, 0.3) is 5.69 Å². The van der Waals surface area contributed by atoms with Crippen molar-refractivity contribution in [3.63, 3.8) is 0 Å². The van der Waals surface area contributed by atoms with Crippen LogP contribution in [0.4, 0.5) is 11.4 Å². The van der Waals surface area contributed by atoms with E-state index in [0.29, 0.717) is 30.9 Å². The van der Waals surface area contributed by atoms with Crippen molar-refractivity contribution in [2.45, 2.75) is 32.5 Å². The van der Waals surface area contributed by atoms with Gasteiger partial charge in [-0.2, -0.15) is 0 Å². The molecular formula is C14H20N2O4. The Morgan fingerprint density at radius 3 is 2.75 bits per heavy atom. The molecule has 0 saturated carbocycles. The van der Waals surface area contributed by atoms with Gasteiger partial charge >= 0.3 is 0 Å². The number of morpholine rings is 1.